The Bertz CT molecular complexity index is 609. The number of nitrogens with zero attached hydrogens (tertiary/aromatic N) is 3. The SMILES string of the molecule is O=C(CC1(O)CCCCC1)N1CCC2(CC(Nc3ccncn3)C2)C1. The number of aliphatic hydroxyl groups is 1. The van der Waals surface area contributed by atoms with E-state index >= 15 is 0 Å². The van der Waals surface area contributed by atoms with Gasteiger partial charge < -0.3 is 15.3 Å². The minimum absolute atomic E-state index is 0.147. The van der Waals surface area contributed by atoms with Crippen LogP contribution in [0.4, 0.5) is 5.82 Å². The van der Waals surface area contributed by atoms with Gasteiger partial charge in [0.2, 0.25) is 5.91 Å². The van der Waals surface area contributed by atoms with Gasteiger partial charge in [0.15, 0.2) is 0 Å². The first-order valence-corrected chi connectivity index (χ1v) is 9.59. The molecule has 2 N–H and O–H groups in total. The maximum absolute atomic E-state index is 12.7. The molecule has 0 aromatic carbocycles. The summed E-state index contributed by atoms with van der Waals surface area (Å²) >= 11 is 0. The minimum atomic E-state index is -0.748. The molecule has 1 amide bonds. The number of carbonyl (C=O) groups excluding carboxylic acids is 1. The van der Waals surface area contributed by atoms with Gasteiger partial charge >= 0.3 is 0 Å². The van der Waals surface area contributed by atoms with Crippen LogP contribution in [0.5, 0.6) is 0 Å². The van der Waals surface area contributed by atoms with E-state index < -0.39 is 5.60 Å². The Balaban J connectivity index is 1.27. The normalized spacial score (nSPS) is 30.9. The Morgan fingerprint density at radius 2 is 2.08 bits per heavy atom. The number of likely N-dealkylation sites (tertiary alicyclic amines) is 1. The van der Waals surface area contributed by atoms with Crippen molar-refractivity contribution in [1.29, 1.82) is 0 Å². The average molecular weight is 344 g/mol. The van der Waals surface area contributed by atoms with Crippen molar-refractivity contribution >= 4 is 11.7 Å². The molecule has 25 heavy (non-hydrogen) atoms. The van der Waals surface area contributed by atoms with Crippen molar-refractivity contribution in [2.24, 2.45) is 5.41 Å². The second-order valence-electron chi connectivity index (χ2n) is 8.37. The third kappa shape index (κ3) is 3.64. The molecule has 1 aromatic heterocycles. The van der Waals surface area contributed by atoms with Gasteiger partial charge in [0.05, 0.1) is 12.0 Å². The van der Waals surface area contributed by atoms with E-state index in [0.717, 1.165) is 63.9 Å². The number of aromatic nitrogens is 2. The van der Waals surface area contributed by atoms with Crippen LogP contribution < -0.4 is 5.32 Å². The molecule has 2 saturated carbocycles. The lowest BCUT2D eigenvalue weighted by Crippen LogP contribution is -2.48. The Morgan fingerprint density at radius 3 is 2.80 bits per heavy atom. The lowest BCUT2D eigenvalue weighted by atomic mass is 9.65. The van der Waals surface area contributed by atoms with Crippen molar-refractivity contribution in [3.8, 4) is 0 Å². The van der Waals surface area contributed by atoms with Crippen molar-refractivity contribution in [1.82, 2.24) is 14.9 Å². The van der Waals surface area contributed by atoms with E-state index in [2.05, 4.69) is 15.3 Å². The highest BCUT2D eigenvalue weighted by Gasteiger charge is 2.50. The summed E-state index contributed by atoms with van der Waals surface area (Å²) in [4.78, 5) is 22.8. The fourth-order valence-electron chi connectivity index (χ4n) is 4.93. The molecule has 0 unspecified atom stereocenters. The second-order valence-corrected chi connectivity index (χ2v) is 8.37. The highest BCUT2D eigenvalue weighted by atomic mass is 16.3. The first-order chi connectivity index (χ1) is 12.1. The van der Waals surface area contributed by atoms with Crippen LogP contribution in [0.1, 0.15) is 57.8 Å². The van der Waals surface area contributed by atoms with Gasteiger partial charge in [-0.25, -0.2) is 9.97 Å². The Morgan fingerprint density at radius 1 is 1.28 bits per heavy atom. The molecule has 6 nitrogen and oxygen atoms in total. The third-order valence-electron chi connectivity index (χ3n) is 6.35. The van der Waals surface area contributed by atoms with Crippen molar-refractivity contribution in [3.05, 3.63) is 18.6 Å². The number of anilines is 1. The second kappa shape index (κ2) is 6.56. The van der Waals surface area contributed by atoms with Crippen molar-refractivity contribution < 1.29 is 9.90 Å². The van der Waals surface area contributed by atoms with Crippen LogP contribution in [0.2, 0.25) is 0 Å². The van der Waals surface area contributed by atoms with E-state index in [1.54, 1.807) is 12.5 Å². The molecule has 136 valence electrons. The topological polar surface area (TPSA) is 78.4 Å². The van der Waals surface area contributed by atoms with Crippen molar-refractivity contribution in [2.75, 3.05) is 18.4 Å². The molecule has 3 fully saturated rings. The molecular weight excluding hydrogens is 316 g/mol. The molecule has 3 aliphatic rings. The lowest BCUT2D eigenvalue weighted by molar-refractivity contribution is -0.137. The zero-order chi connectivity index (χ0) is 17.3. The molecule has 6 heteroatoms. The number of hydrogen-bond acceptors (Lipinski definition) is 5. The number of amides is 1. The van der Waals surface area contributed by atoms with Gasteiger partial charge in [-0.2, -0.15) is 0 Å². The summed E-state index contributed by atoms with van der Waals surface area (Å²) in [6.07, 6.45) is 11.7. The monoisotopic (exact) mass is 344 g/mol. The summed E-state index contributed by atoms with van der Waals surface area (Å²) in [7, 11) is 0. The number of nitrogens with one attached hydrogen (secondary N) is 1. The summed E-state index contributed by atoms with van der Waals surface area (Å²) in [5.74, 6) is 1.02. The summed E-state index contributed by atoms with van der Waals surface area (Å²) in [6, 6.07) is 2.33. The summed E-state index contributed by atoms with van der Waals surface area (Å²) in [5.41, 5.74) is -0.475. The summed E-state index contributed by atoms with van der Waals surface area (Å²) in [5, 5.41) is 14.1. The Kier molecular flexibility index (Phi) is 4.40. The maximum Gasteiger partial charge on any atom is 0.225 e. The molecule has 0 atom stereocenters. The molecule has 0 radical (unpaired) electrons. The van der Waals surface area contributed by atoms with Crippen LogP contribution in [0, 0.1) is 5.41 Å². The highest BCUT2D eigenvalue weighted by molar-refractivity contribution is 5.77. The summed E-state index contributed by atoms with van der Waals surface area (Å²) in [6.45, 7) is 1.69. The van der Waals surface area contributed by atoms with Crippen LogP contribution in [-0.2, 0) is 4.79 Å². The van der Waals surface area contributed by atoms with Crippen LogP contribution in [0.15, 0.2) is 18.6 Å². The van der Waals surface area contributed by atoms with Crippen LogP contribution in [0.25, 0.3) is 0 Å². The fourth-order valence-corrected chi connectivity index (χ4v) is 4.93. The molecule has 1 aromatic rings. The number of carbonyl (C=O) groups is 1. The molecule has 0 bridgehead atoms. The van der Waals surface area contributed by atoms with Gasteiger partial charge in [-0.1, -0.05) is 19.3 Å². The van der Waals surface area contributed by atoms with Gasteiger partial charge in [0, 0.05) is 25.3 Å². The largest absolute Gasteiger partial charge is 0.389 e. The predicted molar refractivity (Wildman–Crippen MR) is 95.0 cm³/mol. The Labute approximate surface area is 149 Å². The van der Waals surface area contributed by atoms with E-state index in [1.165, 1.54) is 6.42 Å². The first-order valence-electron chi connectivity index (χ1n) is 9.59. The summed E-state index contributed by atoms with van der Waals surface area (Å²) < 4.78 is 0. The number of rotatable bonds is 4. The van der Waals surface area contributed by atoms with Gasteiger partial charge in [-0.3, -0.25) is 4.79 Å². The van der Waals surface area contributed by atoms with E-state index in [0.29, 0.717) is 12.5 Å². The lowest BCUT2D eigenvalue weighted by Gasteiger charge is -2.45. The van der Waals surface area contributed by atoms with Gasteiger partial charge in [0.1, 0.15) is 12.1 Å². The van der Waals surface area contributed by atoms with Crippen LogP contribution in [-0.4, -0.2) is 50.6 Å². The first kappa shape index (κ1) is 16.8. The third-order valence-corrected chi connectivity index (χ3v) is 6.35. The van der Waals surface area contributed by atoms with Crippen molar-refractivity contribution in [3.63, 3.8) is 0 Å². The molecule has 4 rings (SSSR count). The fraction of sp³-hybridized carbons (Fsp3) is 0.737. The zero-order valence-corrected chi connectivity index (χ0v) is 14.8. The molecule has 1 aliphatic heterocycles. The molecule has 1 spiro atoms. The molecular formula is C19H28N4O2. The smallest absolute Gasteiger partial charge is 0.225 e. The van der Waals surface area contributed by atoms with Crippen molar-refractivity contribution in [2.45, 2.75) is 69.4 Å². The van der Waals surface area contributed by atoms with Crippen LogP contribution >= 0.6 is 0 Å². The van der Waals surface area contributed by atoms with E-state index in [9.17, 15) is 9.90 Å². The Hall–Kier alpha value is -1.69. The molecule has 1 saturated heterocycles. The zero-order valence-electron chi connectivity index (χ0n) is 14.8. The maximum atomic E-state index is 12.7. The van der Waals surface area contributed by atoms with Crippen LogP contribution in [0.3, 0.4) is 0 Å². The van der Waals surface area contributed by atoms with E-state index in [4.69, 9.17) is 0 Å². The van der Waals surface area contributed by atoms with Gasteiger partial charge in [0.25, 0.3) is 0 Å². The standard InChI is InChI=1S/C19H28N4O2/c24-17(12-19(25)5-2-1-3-6-19)23-9-7-18(13-23)10-15(11-18)22-16-4-8-20-14-21-16/h4,8,14-15,25H,1-3,5-7,9-13H2,(H,20,21,22). The predicted octanol–water partition coefficient (Wildman–Crippen LogP) is 2.35. The molecule has 2 heterocycles. The number of hydrogen-bond donors (Lipinski definition) is 2. The molecule has 2 aliphatic carbocycles. The quantitative estimate of drug-likeness (QED) is 0.877. The van der Waals surface area contributed by atoms with E-state index in [-0.39, 0.29) is 11.3 Å². The van der Waals surface area contributed by atoms with Gasteiger partial charge in [-0.15, -0.1) is 0 Å². The minimum Gasteiger partial charge on any atom is -0.389 e. The van der Waals surface area contributed by atoms with E-state index in [1.807, 2.05) is 11.0 Å². The average Bonchev–Trinajstić information content (AvgIpc) is 3.01. The van der Waals surface area contributed by atoms with Gasteiger partial charge in [-0.05, 0) is 43.6 Å². The highest BCUT2D eigenvalue weighted by Crippen LogP contribution is 2.49.